The van der Waals surface area contributed by atoms with Crippen LogP contribution in [0.25, 0.3) is 0 Å². The first-order valence-electron chi connectivity index (χ1n) is 7.53. The molecule has 0 spiro atoms. The zero-order valence-electron chi connectivity index (χ0n) is 13.4. The smallest absolute Gasteiger partial charge is 0.233 e. The third-order valence-corrected chi connectivity index (χ3v) is 4.07. The molecule has 0 N–H and O–H groups in total. The summed E-state index contributed by atoms with van der Waals surface area (Å²) in [6.07, 6.45) is 4.90. The first-order chi connectivity index (χ1) is 9.36. The highest BCUT2D eigenvalue weighted by Crippen LogP contribution is 2.25. The molecule has 1 saturated carbocycles. The SMILES string of the molecule is CN(C)C1CCC(Oc2ccc(C(C)(C)C)nn2)CC1. The average Bonchev–Trinajstić information content (AvgIpc) is 2.39. The number of hydrogen-bond donors (Lipinski definition) is 0. The Hall–Kier alpha value is -1.16. The van der Waals surface area contributed by atoms with Gasteiger partial charge in [0, 0.05) is 17.5 Å². The average molecular weight is 277 g/mol. The van der Waals surface area contributed by atoms with Gasteiger partial charge in [0.15, 0.2) is 0 Å². The molecule has 1 aliphatic carbocycles. The fourth-order valence-corrected chi connectivity index (χ4v) is 2.63. The number of aromatic nitrogens is 2. The Morgan fingerprint density at radius 3 is 2.15 bits per heavy atom. The summed E-state index contributed by atoms with van der Waals surface area (Å²) < 4.78 is 5.96. The van der Waals surface area contributed by atoms with E-state index in [0.717, 1.165) is 18.5 Å². The van der Waals surface area contributed by atoms with Crippen molar-refractivity contribution in [1.29, 1.82) is 0 Å². The molecular formula is C16H27N3O. The fourth-order valence-electron chi connectivity index (χ4n) is 2.63. The highest BCUT2D eigenvalue weighted by atomic mass is 16.5. The van der Waals surface area contributed by atoms with Gasteiger partial charge in [0.05, 0.1) is 5.69 Å². The van der Waals surface area contributed by atoms with E-state index < -0.39 is 0 Å². The lowest BCUT2D eigenvalue weighted by Gasteiger charge is -2.32. The highest BCUT2D eigenvalue weighted by Gasteiger charge is 2.24. The minimum Gasteiger partial charge on any atom is -0.473 e. The Kier molecular flexibility index (Phi) is 4.63. The Balaban J connectivity index is 1.89. The maximum absolute atomic E-state index is 5.96. The van der Waals surface area contributed by atoms with Crippen LogP contribution in [0.3, 0.4) is 0 Å². The van der Waals surface area contributed by atoms with E-state index in [2.05, 4.69) is 50.0 Å². The molecule has 1 aliphatic rings. The summed E-state index contributed by atoms with van der Waals surface area (Å²) in [5.74, 6) is 0.659. The minimum absolute atomic E-state index is 0.0370. The Labute approximate surface area is 122 Å². The summed E-state index contributed by atoms with van der Waals surface area (Å²) in [6, 6.07) is 4.67. The second-order valence-corrected chi connectivity index (χ2v) is 7.02. The lowest BCUT2D eigenvalue weighted by molar-refractivity contribution is 0.106. The topological polar surface area (TPSA) is 38.2 Å². The van der Waals surface area contributed by atoms with Gasteiger partial charge >= 0.3 is 0 Å². The van der Waals surface area contributed by atoms with Crippen molar-refractivity contribution in [2.24, 2.45) is 0 Å². The second-order valence-electron chi connectivity index (χ2n) is 7.02. The largest absolute Gasteiger partial charge is 0.473 e. The van der Waals surface area contributed by atoms with Gasteiger partial charge in [0.25, 0.3) is 0 Å². The van der Waals surface area contributed by atoms with Gasteiger partial charge in [-0.2, -0.15) is 5.10 Å². The number of nitrogens with zero attached hydrogens (tertiary/aromatic N) is 3. The molecule has 2 rings (SSSR count). The molecule has 0 aliphatic heterocycles. The number of hydrogen-bond acceptors (Lipinski definition) is 4. The molecule has 0 bridgehead atoms. The Bertz CT molecular complexity index is 414. The van der Waals surface area contributed by atoms with Crippen molar-refractivity contribution >= 4 is 0 Å². The van der Waals surface area contributed by atoms with Crippen LogP contribution < -0.4 is 4.74 Å². The summed E-state index contributed by atoms with van der Waals surface area (Å²) in [6.45, 7) is 6.42. The molecule has 1 heterocycles. The molecule has 20 heavy (non-hydrogen) atoms. The predicted octanol–water partition coefficient (Wildman–Crippen LogP) is 3.03. The zero-order valence-corrected chi connectivity index (χ0v) is 13.4. The van der Waals surface area contributed by atoms with Crippen molar-refractivity contribution in [1.82, 2.24) is 15.1 Å². The standard InChI is InChI=1S/C16H27N3O/c1-16(2,3)14-10-11-15(18-17-14)20-13-8-6-12(7-9-13)19(4)5/h10-13H,6-9H2,1-5H3. The van der Waals surface area contributed by atoms with Gasteiger partial charge in [-0.1, -0.05) is 20.8 Å². The van der Waals surface area contributed by atoms with Crippen LogP contribution in [-0.4, -0.2) is 41.3 Å². The second kappa shape index (κ2) is 6.08. The van der Waals surface area contributed by atoms with Crippen LogP contribution in [0.5, 0.6) is 5.88 Å². The Morgan fingerprint density at radius 2 is 1.70 bits per heavy atom. The molecule has 0 atom stereocenters. The quantitative estimate of drug-likeness (QED) is 0.851. The minimum atomic E-state index is 0.0370. The first kappa shape index (κ1) is 15.2. The van der Waals surface area contributed by atoms with Gasteiger partial charge in [-0.25, -0.2) is 0 Å². The molecule has 0 aromatic carbocycles. The monoisotopic (exact) mass is 277 g/mol. The van der Waals surface area contributed by atoms with Crippen molar-refractivity contribution in [2.75, 3.05) is 14.1 Å². The third-order valence-electron chi connectivity index (χ3n) is 4.07. The van der Waals surface area contributed by atoms with E-state index in [1.165, 1.54) is 12.8 Å². The van der Waals surface area contributed by atoms with Crippen LogP contribution in [0.4, 0.5) is 0 Å². The van der Waals surface area contributed by atoms with E-state index >= 15 is 0 Å². The van der Waals surface area contributed by atoms with Crippen molar-refractivity contribution < 1.29 is 4.74 Å². The van der Waals surface area contributed by atoms with E-state index in [0.29, 0.717) is 18.0 Å². The maximum Gasteiger partial charge on any atom is 0.233 e. The molecule has 1 fully saturated rings. The van der Waals surface area contributed by atoms with Gasteiger partial charge in [0.2, 0.25) is 5.88 Å². The lowest BCUT2D eigenvalue weighted by atomic mass is 9.92. The molecular weight excluding hydrogens is 250 g/mol. The maximum atomic E-state index is 5.96. The molecule has 112 valence electrons. The lowest BCUT2D eigenvalue weighted by Crippen LogP contribution is -2.35. The van der Waals surface area contributed by atoms with E-state index in [-0.39, 0.29) is 5.41 Å². The van der Waals surface area contributed by atoms with Crippen LogP contribution in [0.15, 0.2) is 12.1 Å². The van der Waals surface area contributed by atoms with E-state index in [4.69, 9.17) is 4.74 Å². The van der Waals surface area contributed by atoms with Gasteiger partial charge < -0.3 is 9.64 Å². The highest BCUT2D eigenvalue weighted by molar-refractivity contribution is 5.17. The van der Waals surface area contributed by atoms with E-state index in [1.807, 2.05) is 12.1 Å². The van der Waals surface area contributed by atoms with Crippen LogP contribution in [0.2, 0.25) is 0 Å². The van der Waals surface area contributed by atoms with Gasteiger partial charge in [-0.3, -0.25) is 0 Å². The normalized spacial score (nSPS) is 23.9. The van der Waals surface area contributed by atoms with Crippen LogP contribution in [0.1, 0.15) is 52.1 Å². The van der Waals surface area contributed by atoms with Crippen LogP contribution in [0, 0.1) is 0 Å². The molecule has 4 heteroatoms. The number of ether oxygens (including phenoxy) is 1. The molecule has 0 saturated heterocycles. The fraction of sp³-hybridized carbons (Fsp3) is 0.750. The Morgan fingerprint density at radius 1 is 1.05 bits per heavy atom. The third kappa shape index (κ3) is 3.92. The van der Waals surface area contributed by atoms with Crippen molar-refractivity contribution in [2.45, 2.75) is 64.0 Å². The van der Waals surface area contributed by atoms with Gasteiger partial charge in [-0.15, -0.1) is 5.10 Å². The summed E-state index contributed by atoms with van der Waals surface area (Å²) in [4.78, 5) is 2.31. The van der Waals surface area contributed by atoms with Gasteiger partial charge in [0.1, 0.15) is 6.10 Å². The van der Waals surface area contributed by atoms with Crippen LogP contribution >= 0.6 is 0 Å². The summed E-state index contributed by atoms with van der Waals surface area (Å²) >= 11 is 0. The van der Waals surface area contributed by atoms with Crippen molar-refractivity contribution in [3.05, 3.63) is 17.8 Å². The molecule has 0 unspecified atom stereocenters. The van der Waals surface area contributed by atoms with Crippen molar-refractivity contribution in [3.8, 4) is 5.88 Å². The summed E-state index contributed by atoms with van der Waals surface area (Å²) in [7, 11) is 4.31. The summed E-state index contributed by atoms with van der Waals surface area (Å²) in [5.41, 5.74) is 1.04. The molecule has 0 radical (unpaired) electrons. The summed E-state index contributed by atoms with van der Waals surface area (Å²) in [5, 5.41) is 8.49. The van der Waals surface area contributed by atoms with Crippen molar-refractivity contribution in [3.63, 3.8) is 0 Å². The molecule has 1 aromatic heterocycles. The molecule has 0 amide bonds. The molecule has 4 nitrogen and oxygen atoms in total. The predicted molar refractivity (Wildman–Crippen MR) is 81.1 cm³/mol. The first-order valence-corrected chi connectivity index (χ1v) is 7.53. The zero-order chi connectivity index (χ0) is 14.8. The van der Waals surface area contributed by atoms with Crippen LogP contribution in [-0.2, 0) is 5.41 Å². The van der Waals surface area contributed by atoms with Gasteiger partial charge in [-0.05, 0) is 45.8 Å². The molecule has 1 aromatic rings. The van der Waals surface area contributed by atoms with E-state index in [9.17, 15) is 0 Å². The van der Waals surface area contributed by atoms with E-state index in [1.54, 1.807) is 0 Å². The number of rotatable bonds is 3.